The van der Waals surface area contributed by atoms with Crippen molar-refractivity contribution in [2.45, 2.75) is 57.9 Å². The molecular weight excluding hydrogens is 228 g/mol. The number of nitrogens with zero attached hydrogens (tertiary/aromatic N) is 1. The first kappa shape index (κ1) is 13.4. The summed E-state index contributed by atoms with van der Waals surface area (Å²) in [6.07, 6.45) is 5.90. The first-order chi connectivity index (χ1) is 8.58. The molecule has 1 N–H and O–H groups in total. The molecule has 4 heteroatoms. The minimum absolute atomic E-state index is 0.0238. The van der Waals surface area contributed by atoms with Crippen LogP contribution in [0.3, 0.4) is 0 Å². The van der Waals surface area contributed by atoms with E-state index in [9.17, 15) is 9.59 Å². The molecular formula is C14H24N2O2. The van der Waals surface area contributed by atoms with Gasteiger partial charge in [-0.05, 0) is 32.1 Å². The van der Waals surface area contributed by atoms with Crippen molar-refractivity contribution in [2.75, 3.05) is 13.1 Å². The number of carbonyl (C=O) groups excluding carboxylic acids is 2. The lowest BCUT2D eigenvalue weighted by atomic mass is 9.94. The lowest BCUT2D eigenvalue weighted by Gasteiger charge is -2.32. The maximum absolute atomic E-state index is 12.6. The highest BCUT2D eigenvalue weighted by Gasteiger charge is 2.50. The van der Waals surface area contributed by atoms with Gasteiger partial charge in [0.1, 0.15) is 5.54 Å². The first-order valence-electron chi connectivity index (χ1n) is 7.18. The summed E-state index contributed by atoms with van der Waals surface area (Å²) in [6.45, 7) is 5.44. The van der Waals surface area contributed by atoms with Gasteiger partial charge in [0.05, 0.1) is 0 Å². The van der Waals surface area contributed by atoms with Crippen LogP contribution in [0, 0.1) is 5.92 Å². The standard InChI is InChI=1S/C14H24N2O2/c1-3-4-5-9-16-10-8-12(17)15-14(2,13(16)18)11-6-7-11/h11H,3-10H2,1-2H3,(H,15,17). The summed E-state index contributed by atoms with van der Waals surface area (Å²) >= 11 is 0. The Labute approximate surface area is 109 Å². The Hall–Kier alpha value is -1.06. The van der Waals surface area contributed by atoms with Gasteiger partial charge in [0, 0.05) is 19.5 Å². The van der Waals surface area contributed by atoms with Crippen molar-refractivity contribution in [3.8, 4) is 0 Å². The van der Waals surface area contributed by atoms with Crippen LogP contribution in [-0.4, -0.2) is 35.3 Å². The number of hydrogen-bond acceptors (Lipinski definition) is 2. The Bertz CT molecular complexity index is 339. The van der Waals surface area contributed by atoms with Gasteiger partial charge < -0.3 is 10.2 Å². The Kier molecular flexibility index (Phi) is 3.93. The maximum Gasteiger partial charge on any atom is 0.248 e. The van der Waals surface area contributed by atoms with Crippen molar-refractivity contribution in [1.29, 1.82) is 0 Å². The lowest BCUT2D eigenvalue weighted by Crippen LogP contribution is -2.56. The van der Waals surface area contributed by atoms with Gasteiger partial charge in [-0.15, -0.1) is 0 Å². The highest BCUT2D eigenvalue weighted by atomic mass is 16.2. The molecule has 1 atom stereocenters. The maximum atomic E-state index is 12.6. The molecule has 2 aliphatic rings. The smallest absolute Gasteiger partial charge is 0.248 e. The molecule has 102 valence electrons. The highest BCUT2D eigenvalue weighted by Crippen LogP contribution is 2.41. The predicted octanol–water partition coefficient (Wildman–Crippen LogP) is 1.69. The van der Waals surface area contributed by atoms with E-state index in [1.807, 2.05) is 11.8 Å². The highest BCUT2D eigenvalue weighted by molar-refractivity contribution is 5.93. The number of hydrogen-bond donors (Lipinski definition) is 1. The van der Waals surface area contributed by atoms with Gasteiger partial charge in [-0.1, -0.05) is 19.8 Å². The van der Waals surface area contributed by atoms with Crippen LogP contribution in [0.4, 0.5) is 0 Å². The second-order valence-corrected chi connectivity index (χ2v) is 5.77. The van der Waals surface area contributed by atoms with Gasteiger partial charge in [0.25, 0.3) is 0 Å². The largest absolute Gasteiger partial charge is 0.342 e. The van der Waals surface area contributed by atoms with E-state index in [2.05, 4.69) is 12.2 Å². The van der Waals surface area contributed by atoms with Crippen LogP contribution in [0.25, 0.3) is 0 Å². The molecule has 0 aromatic heterocycles. The summed E-state index contributed by atoms with van der Waals surface area (Å²) in [5.74, 6) is 0.503. The van der Waals surface area contributed by atoms with Crippen molar-refractivity contribution in [2.24, 2.45) is 5.92 Å². The fourth-order valence-corrected chi connectivity index (χ4v) is 2.78. The minimum atomic E-state index is -0.639. The van der Waals surface area contributed by atoms with Crippen LogP contribution in [-0.2, 0) is 9.59 Å². The molecule has 0 aromatic rings. The molecule has 1 saturated carbocycles. The zero-order valence-electron chi connectivity index (χ0n) is 11.5. The van der Waals surface area contributed by atoms with Crippen LogP contribution < -0.4 is 5.32 Å². The van der Waals surface area contributed by atoms with Gasteiger partial charge in [-0.2, -0.15) is 0 Å². The summed E-state index contributed by atoms with van der Waals surface area (Å²) in [5.41, 5.74) is -0.639. The van der Waals surface area contributed by atoms with Crippen molar-refractivity contribution in [3.63, 3.8) is 0 Å². The summed E-state index contributed by atoms with van der Waals surface area (Å²) in [4.78, 5) is 26.3. The van der Waals surface area contributed by atoms with Gasteiger partial charge in [0.15, 0.2) is 0 Å². The first-order valence-corrected chi connectivity index (χ1v) is 7.18. The molecule has 1 aliphatic heterocycles. The molecule has 1 heterocycles. The van der Waals surface area contributed by atoms with Gasteiger partial charge in [-0.25, -0.2) is 0 Å². The van der Waals surface area contributed by atoms with Crippen LogP contribution in [0.5, 0.6) is 0 Å². The Balaban J connectivity index is 2.06. The normalized spacial score (nSPS) is 29.1. The number of carbonyl (C=O) groups is 2. The number of unbranched alkanes of at least 4 members (excludes halogenated alkanes) is 2. The van der Waals surface area contributed by atoms with E-state index in [0.29, 0.717) is 18.9 Å². The van der Waals surface area contributed by atoms with Crippen molar-refractivity contribution >= 4 is 11.8 Å². The van der Waals surface area contributed by atoms with Crippen LogP contribution in [0.2, 0.25) is 0 Å². The lowest BCUT2D eigenvalue weighted by molar-refractivity contribution is -0.139. The minimum Gasteiger partial charge on any atom is -0.342 e. The second kappa shape index (κ2) is 5.29. The monoisotopic (exact) mass is 252 g/mol. The zero-order valence-corrected chi connectivity index (χ0v) is 11.5. The van der Waals surface area contributed by atoms with Gasteiger partial charge >= 0.3 is 0 Å². The molecule has 1 aliphatic carbocycles. The quantitative estimate of drug-likeness (QED) is 0.757. The molecule has 18 heavy (non-hydrogen) atoms. The van der Waals surface area contributed by atoms with E-state index in [1.165, 1.54) is 0 Å². The fraction of sp³-hybridized carbons (Fsp3) is 0.857. The fourth-order valence-electron chi connectivity index (χ4n) is 2.78. The van der Waals surface area contributed by atoms with E-state index >= 15 is 0 Å². The number of rotatable bonds is 5. The molecule has 0 bridgehead atoms. The van der Waals surface area contributed by atoms with Gasteiger partial charge in [0.2, 0.25) is 11.8 Å². The molecule has 2 fully saturated rings. The zero-order chi connectivity index (χ0) is 13.2. The van der Waals surface area contributed by atoms with E-state index in [1.54, 1.807) is 0 Å². The third-order valence-electron chi connectivity index (χ3n) is 4.16. The topological polar surface area (TPSA) is 49.4 Å². The predicted molar refractivity (Wildman–Crippen MR) is 70.0 cm³/mol. The molecule has 0 radical (unpaired) electrons. The van der Waals surface area contributed by atoms with Crippen molar-refractivity contribution in [1.82, 2.24) is 10.2 Å². The average Bonchev–Trinajstić information content (AvgIpc) is 3.16. The van der Waals surface area contributed by atoms with Crippen molar-refractivity contribution in [3.05, 3.63) is 0 Å². The average molecular weight is 252 g/mol. The SMILES string of the molecule is CCCCCN1CCC(=O)NC(C)(C2CC2)C1=O. The summed E-state index contributed by atoms with van der Waals surface area (Å²) in [7, 11) is 0. The molecule has 0 aromatic carbocycles. The Morgan fingerprint density at radius 3 is 2.67 bits per heavy atom. The number of amides is 2. The van der Waals surface area contributed by atoms with E-state index in [-0.39, 0.29) is 11.8 Å². The molecule has 2 rings (SSSR count). The third kappa shape index (κ3) is 2.68. The molecule has 1 unspecified atom stereocenters. The summed E-state index contributed by atoms with van der Waals surface area (Å²) in [5, 5.41) is 2.96. The van der Waals surface area contributed by atoms with E-state index in [4.69, 9.17) is 0 Å². The molecule has 1 saturated heterocycles. The molecule has 0 spiro atoms. The summed E-state index contributed by atoms with van der Waals surface area (Å²) < 4.78 is 0. The van der Waals surface area contributed by atoms with E-state index in [0.717, 1.165) is 38.6 Å². The Morgan fingerprint density at radius 1 is 1.33 bits per heavy atom. The van der Waals surface area contributed by atoms with Crippen molar-refractivity contribution < 1.29 is 9.59 Å². The van der Waals surface area contributed by atoms with Crippen LogP contribution in [0.1, 0.15) is 52.4 Å². The number of nitrogens with one attached hydrogen (secondary N) is 1. The molecule has 4 nitrogen and oxygen atoms in total. The van der Waals surface area contributed by atoms with E-state index < -0.39 is 5.54 Å². The molecule has 2 amide bonds. The van der Waals surface area contributed by atoms with Crippen LogP contribution >= 0.6 is 0 Å². The van der Waals surface area contributed by atoms with Gasteiger partial charge in [-0.3, -0.25) is 9.59 Å². The summed E-state index contributed by atoms with van der Waals surface area (Å²) in [6, 6.07) is 0. The second-order valence-electron chi connectivity index (χ2n) is 5.77. The van der Waals surface area contributed by atoms with Crippen LogP contribution in [0.15, 0.2) is 0 Å². The Morgan fingerprint density at radius 2 is 2.06 bits per heavy atom. The third-order valence-corrected chi connectivity index (χ3v) is 4.16.